The zero-order chi connectivity index (χ0) is 16.8. The highest BCUT2D eigenvalue weighted by molar-refractivity contribution is 8.00. The van der Waals surface area contributed by atoms with E-state index in [9.17, 15) is 14.9 Å². The number of nitro groups is 1. The Morgan fingerprint density at radius 2 is 2.17 bits per heavy atom. The van der Waals surface area contributed by atoms with Crippen LogP contribution in [0, 0.1) is 10.1 Å². The molecule has 1 aliphatic heterocycles. The van der Waals surface area contributed by atoms with E-state index in [2.05, 4.69) is 11.9 Å². The Balaban J connectivity index is 1.96. The minimum absolute atomic E-state index is 0.0577. The number of non-ortho nitro benzene ring substituents is 1. The van der Waals surface area contributed by atoms with Crippen molar-refractivity contribution in [1.29, 1.82) is 0 Å². The average molecular weight is 335 g/mol. The molecule has 0 radical (unpaired) electrons. The van der Waals surface area contributed by atoms with Gasteiger partial charge in [0, 0.05) is 30.9 Å². The molecule has 1 unspecified atom stereocenters. The van der Waals surface area contributed by atoms with E-state index in [1.165, 1.54) is 12.1 Å². The van der Waals surface area contributed by atoms with E-state index in [4.69, 9.17) is 0 Å². The molecule has 0 spiro atoms. The van der Waals surface area contributed by atoms with Gasteiger partial charge in [-0.3, -0.25) is 14.9 Å². The van der Waals surface area contributed by atoms with Crippen molar-refractivity contribution in [2.45, 2.75) is 25.1 Å². The van der Waals surface area contributed by atoms with Crippen molar-refractivity contribution >= 4 is 23.4 Å². The second-order valence-corrected chi connectivity index (χ2v) is 6.41. The van der Waals surface area contributed by atoms with Crippen LogP contribution in [0.4, 0.5) is 5.69 Å². The highest BCUT2D eigenvalue weighted by atomic mass is 32.2. The predicted molar refractivity (Wildman–Crippen MR) is 92.1 cm³/mol. The van der Waals surface area contributed by atoms with Crippen molar-refractivity contribution in [3.8, 4) is 0 Å². The minimum atomic E-state index is -0.416. The van der Waals surface area contributed by atoms with Crippen molar-refractivity contribution in [3.63, 3.8) is 0 Å². The number of hydrogen-bond donors (Lipinski definition) is 1. The van der Waals surface area contributed by atoms with Crippen LogP contribution in [0.1, 0.15) is 30.7 Å². The quantitative estimate of drug-likeness (QED) is 0.449. The number of amides is 1. The molecular formula is C16H21N3O3S. The van der Waals surface area contributed by atoms with Gasteiger partial charge < -0.3 is 10.2 Å². The smallest absolute Gasteiger partial charge is 0.269 e. The van der Waals surface area contributed by atoms with Gasteiger partial charge in [0.1, 0.15) is 5.37 Å². The molecule has 6 nitrogen and oxygen atoms in total. The monoisotopic (exact) mass is 335 g/mol. The summed E-state index contributed by atoms with van der Waals surface area (Å²) in [7, 11) is 0. The summed E-state index contributed by atoms with van der Waals surface area (Å²) in [5, 5.41) is 13.9. The van der Waals surface area contributed by atoms with Crippen LogP contribution in [-0.4, -0.2) is 34.6 Å². The maximum Gasteiger partial charge on any atom is 0.269 e. The Morgan fingerprint density at radius 1 is 1.48 bits per heavy atom. The number of rotatable bonds is 8. The summed E-state index contributed by atoms with van der Waals surface area (Å²) < 4.78 is 0. The van der Waals surface area contributed by atoms with Crippen LogP contribution in [0.15, 0.2) is 36.5 Å². The SMILES string of the molecule is C=C(CC)NCCCN1C(=O)CSC1c1ccc([N+](=O)[O-])cc1. The van der Waals surface area contributed by atoms with Crippen molar-refractivity contribution in [1.82, 2.24) is 10.2 Å². The van der Waals surface area contributed by atoms with Crippen LogP contribution >= 0.6 is 11.8 Å². The molecule has 0 bridgehead atoms. The summed E-state index contributed by atoms with van der Waals surface area (Å²) >= 11 is 1.56. The van der Waals surface area contributed by atoms with E-state index in [0.717, 1.165) is 30.6 Å². The van der Waals surface area contributed by atoms with Crippen LogP contribution in [-0.2, 0) is 4.79 Å². The van der Waals surface area contributed by atoms with Gasteiger partial charge in [0.25, 0.3) is 5.69 Å². The second-order valence-electron chi connectivity index (χ2n) is 5.34. The van der Waals surface area contributed by atoms with Crippen LogP contribution in [0.5, 0.6) is 0 Å². The predicted octanol–water partition coefficient (Wildman–Crippen LogP) is 3.07. The number of nitrogens with one attached hydrogen (secondary N) is 1. The summed E-state index contributed by atoms with van der Waals surface area (Å²) in [5.41, 5.74) is 1.99. The summed E-state index contributed by atoms with van der Waals surface area (Å²) in [6, 6.07) is 6.45. The van der Waals surface area contributed by atoms with E-state index < -0.39 is 4.92 Å². The maximum absolute atomic E-state index is 12.1. The van der Waals surface area contributed by atoms with E-state index in [1.807, 2.05) is 11.8 Å². The first-order chi connectivity index (χ1) is 11.0. The largest absolute Gasteiger partial charge is 0.389 e. The molecule has 0 aliphatic carbocycles. The average Bonchev–Trinajstić information content (AvgIpc) is 2.92. The highest BCUT2D eigenvalue weighted by Gasteiger charge is 2.32. The van der Waals surface area contributed by atoms with E-state index in [-0.39, 0.29) is 17.0 Å². The molecule has 1 heterocycles. The molecule has 1 amide bonds. The number of thioether (sulfide) groups is 1. The molecule has 23 heavy (non-hydrogen) atoms. The molecule has 124 valence electrons. The summed E-state index contributed by atoms with van der Waals surface area (Å²) in [6.07, 6.45) is 1.73. The Bertz CT molecular complexity index is 589. The number of carbonyl (C=O) groups excluding carboxylic acids is 1. The zero-order valence-electron chi connectivity index (χ0n) is 13.2. The fraction of sp³-hybridized carbons (Fsp3) is 0.438. The lowest BCUT2D eigenvalue weighted by Crippen LogP contribution is -2.31. The first kappa shape index (κ1) is 17.3. The van der Waals surface area contributed by atoms with Gasteiger partial charge in [0.2, 0.25) is 5.91 Å². The Labute approximate surface area is 140 Å². The minimum Gasteiger partial charge on any atom is -0.389 e. The molecule has 1 N–H and O–H groups in total. The third-order valence-corrected chi connectivity index (χ3v) is 4.99. The first-order valence-electron chi connectivity index (χ1n) is 7.60. The molecule has 0 aromatic heterocycles. The lowest BCUT2D eigenvalue weighted by molar-refractivity contribution is -0.384. The van der Waals surface area contributed by atoms with Crippen molar-refractivity contribution < 1.29 is 9.72 Å². The third-order valence-electron chi connectivity index (χ3n) is 3.73. The number of hydrogen-bond acceptors (Lipinski definition) is 5. The van der Waals surface area contributed by atoms with Crippen LogP contribution in [0.3, 0.4) is 0 Å². The number of nitrogens with zero attached hydrogens (tertiary/aromatic N) is 2. The van der Waals surface area contributed by atoms with Gasteiger partial charge in [0.05, 0.1) is 10.7 Å². The fourth-order valence-electron chi connectivity index (χ4n) is 2.37. The molecule has 1 fully saturated rings. The van der Waals surface area contributed by atoms with Crippen LogP contribution < -0.4 is 5.32 Å². The summed E-state index contributed by atoms with van der Waals surface area (Å²) in [6.45, 7) is 7.38. The molecule has 2 rings (SSSR count). The van der Waals surface area contributed by atoms with Crippen LogP contribution in [0.2, 0.25) is 0 Å². The van der Waals surface area contributed by atoms with Crippen molar-refractivity contribution in [3.05, 3.63) is 52.2 Å². The van der Waals surface area contributed by atoms with E-state index in [1.54, 1.807) is 23.9 Å². The number of allylic oxidation sites excluding steroid dienone is 1. The second kappa shape index (κ2) is 8.01. The van der Waals surface area contributed by atoms with Crippen LogP contribution in [0.25, 0.3) is 0 Å². The Kier molecular flexibility index (Phi) is 6.04. The molecular weight excluding hydrogens is 314 g/mol. The molecule has 1 atom stereocenters. The van der Waals surface area contributed by atoms with E-state index in [0.29, 0.717) is 12.3 Å². The molecule has 1 aromatic carbocycles. The van der Waals surface area contributed by atoms with Crippen molar-refractivity contribution in [2.24, 2.45) is 0 Å². The third kappa shape index (κ3) is 4.48. The lowest BCUT2D eigenvalue weighted by atomic mass is 10.2. The van der Waals surface area contributed by atoms with Gasteiger partial charge in [-0.2, -0.15) is 0 Å². The molecule has 7 heteroatoms. The number of benzene rings is 1. The van der Waals surface area contributed by atoms with Crippen molar-refractivity contribution in [2.75, 3.05) is 18.8 Å². The summed E-state index contributed by atoms with van der Waals surface area (Å²) in [5.74, 6) is 0.573. The zero-order valence-corrected chi connectivity index (χ0v) is 14.0. The highest BCUT2D eigenvalue weighted by Crippen LogP contribution is 2.38. The molecule has 1 saturated heterocycles. The fourth-order valence-corrected chi connectivity index (χ4v) is 3.59. The summed E-state index contributed by atoms with van der Waals surface area (Å²) in [4.78, 5) is 24.2. The standard InChI is InChI=1S/C16H21N3O3S/c1-3-12(2)17-9-4-10-18-15(20)11-23-16(18)13-5-7-14(8-6-13)19(21)22/h5-8,16-17H,2-4,9-11H2,1H3. The topological polar surface area (TPSA) is 75.5 Å². The van der Waals surface area contributed by atoms with Gasteiger partial charge in [0.15, 0.2) is 0 Å². The van der Waals surface area contributed by atoms with E-state index >= 15 is 0 Å². The first-order valence-corrected chi connectivity index (χ1v) is 8.65. The van der Waals surface area contributed by atoms with Gasteiger partial charge in [-0.1, -0.05) is 13.5 Å². The maximum atomic E-state index is 12.1. The lowest BCUT2D eigenvalue weighted by Gasteiger charge is -2.24. The molecule has 1 aliphatic rings. The van der Waals surface area contributed by atoms with Gasteiger partial charge >= 0.3 is 0 Å². The number of nitro benzene ring substituents is 1. The molecule has 1 aromatic rings. The molecule has 0 saturated carbocycles. The Morgan fingerprint density at radius 3 is 2.78 bits per heavy atom. The normalized spacial score (nSPS) is 17.3. The number of carbonyl (C=O) groups is 1. The van der Waals surface area contributed by atoms with Gasteiger partial charge in [-0.25, -0.2) is 0 Å². The van der Waals surface area contributed by atoms with Gasteiger partial charge in [-0.05, 0) is 30.5 Å². The van der Waals surface area contributed by atoms with Gasteiger partial charge in [-0.15, -0.1) is 11.8 Å². The Hall–Kier alpha value is -2.02.